The monoisotopic (exact) mass is 318 g/mol. The Hall–Kier alpha value is -2.39. The van der Waals surface area contributed by atoms with Crippen molar-refractivity contribution < 1.29 is 13.6 Å². The van der Waals surface area contributed by atoms with E-state index in [2.05, 4.69) is 5.32 Å². The number of benzene rings is 2. The quantitative estimate of drug-likeness (QED) is 0.868. The van der Waals surface area contributed by atoms with E-state index in [-0.39, 0.29) is 10.8 Å². The average Bonchev–Trinajstić information content (AvgIpc) is 2.51. The van der Waals surface area contributed by atoms with Gasteiger partial charge in [0, 0.05) is 10.6 Å². The molecule has 0 aromatic heterocycles. The topological polar surface area (TPSA) is 52.9 Å². The zero-order chi connectivity index (χ0) is 16.1. The van der Waals surface area contributed by atoms with E-state index in [1.165, 1.54) is 0 Å². The molecule has 2 rings (SSSR count). The fourth-order valence-electron chi connectivity index (χ4n) is 1.68. The number of carbonyl (C=O) groups excluding carboxylic acids is 1. The summed E-state index contributed by atoms with van der Waals surface area (Å²) in [5.41, 5.74) is 1.03. The van der Waals surface area contributed by atoms with Crippen molar-refractivity contribution in [1.82, 2.24) is 0 Å². The van der Waals surface area contributed by atoms with Crippen LogP contribution in [0.15, 0.2) is 47.4 Å². The SMILES string of the molecule is C[C@@H](Sc1cc(F)ccc1F)C(=O)Nc1ccc(C#N)cc1. The highest BCUT2D eigenvalue weighted by Gasteiger charge is 2.17. The average molecular weight is 318 g/mol. The molecule has 0 aliphatic carbocycles. The molecule has 2 aromatic carbocycles. The molecule has 0 unspecified atom stereocenters. The predicted molar refractivity (Wildman–Crippen MR) is 81.5 cm³/mol. The minimum atomic E-state index is -0.605. The van der Waals surface area contributed by atoms with E-state index in [0.29, 0.717) is 11.3 Å². The molecular weight excluding hydrogens is 306 g/mol. The van der Waals surface area contributed by atoms with Crippen molar-refractivity contribution in [2.24, 2.45) is 0 Å². The van der Waals surface area contributed by atoms with Gasteiger partial charge in [0.15, 0.2) is 0 Å². The van der Waals surface area contributed by atoms with Crippen LogP contribution in [-0.4, -0.2) is 11.2 Å². The standard InChI is InChI=1S/C16H12F2N2OS/c1-10(22-15-8-12(17)4-7-14(15)18)16(21)20-13-5-2-11(9-19)3-6-13/h2-8,10H,1H3,(H,20,21)/t10-/m1/s1. The van der Waals surface area contributed by atoms with Gasteiger partial charge in [0.05, 0.1) is 16.9 Å². The molecular formula is C16H12F2N2OS. The first kappa shape index (κ1) is 16.0. The van der Waals surface area contributed by atoms with Crippen molar-refractivity contribution >= 4 is 23.4 Å². The number of hydrogen-bond donors (Lipinski definition) is 1. The maximum absolute atomic E-state index is 13.6. The molecule has 6 heteroatoms. The van der Waals surface area contributed by atoms with Gasteiger partial charge in [-0.15, -0.1) is 11.8 Å². The van der Waals surface area contributed by atoms with Crippen molar-refractivity contribution in [1.29, 1.82) is 5.26 Å². The second kappa shape index (κ2) is 7.05. The third kappa shape index (κ3) is 4.06. The minimum absolute atomic E-state index is 0.0856. The van der Waals surface area contributed by atoms with Crippen LogP contribution in [0.2, 0.25) is 0 Å². The molecule has 0 saturated heterocycles. The Balaban J connectivity index is 2.02. The third-order valence-corrected chi connectivity index (χ3v) is 3.98. The molecule has 22 heavy (non-hydrogen) atoms. The maximum Gasteiger partial charge on any atom is 0.237 e. The molecule has 3 nitrogen and oxygen atoms in total. The number of nitriles is 1. The van der Waals surface area contributed by atoms with Gasteiger partial charge in [0.1, 0.15) is 11.6 Å². The fourth-order valence-corrected chi connectivity index (χ4v) is 2.59. The highest BCUT2D eigenvalue weighted by molar-refractivity contribution is 8.00. The summed E-state index contributed by atoms with van der Waals surface area (Å²) in [5.74, 6) is -1.45. The van der Waals surface area contributed by atoms with E-state index in [1.807, 2.05) is 6.07 Å². The molecule has 1 atom stereocenters. The number of nitrogens with one attached hydrogen (secondary N) is 1. The molecule has 0 aliphatic rings. The highest BCUT2D eigenvalue weighted by Crippen LogP contribution is 2.27. The van der Waals surface area contributed by atoms with Gasteiger partial charge in [-0.2, -0.15) is 5.26 Å². The van der Waals surface area contributed by atoms with Gasteiger partial charge in [-0.3, -0.25) is 4.79 Å². The van der Waals surface area contributed by atoms with E-state index in [9.17, 15) is 13.6 Å². The number of hydrogen-bond acceptors (Lipinski definition) is 3. The molecule has 112 valence electrons. The Morgan fingerprint density at radius 2 is 1.91 bits per heavy atom. The van der Waals surface area contributed by atoms with Crippen molar-refractivity contribution in [2.75, 3.05) is 5.32 Å². The van der Waals surface area contributed by atoms with Gasteiger partial charge >= 0.3 is 0 Å². The predicted octanol–water partition coefficient (Wildman–Crippen LogP) is 3.96. The molecule has 1 amide bonds. The van der Waals surface area contributed by atoms with Gasteiger partial charge in [-0.1, -0.05) is 0 Å². The van der Waals surface area contributed by atoms with Gasteiger partial charge in [-0.25, -0.2) is 8.78 Å². The molecule has 0 saturated carbocycles. The van der Waals surface area contributed by atoms with Gasteiger partial charge in [0.25, 0.3) is 0 Å². The van der Waals surface area contributed by atoms with E-state index in [0.717, 1.165) is 30.0 Å². The second-order valence-electron chi connectivity index (χ2n) is 4.51. The van der Waals surface area contributed by atoms with Gasteiger partial charge in [0.2, 0.25) is 5.91 Å². The zero-order valence-electron chi connectivity index (χ0n) is 11.6. The minimum Gasteiger partial charge on any atom is -0.325 e. The summed E-state index contributed by atoms with van der Waals surface area (Å²) in [6, 6.07) is 11.5. The zero-order valence-corrected chi connectivity index (χ0v) is 12.5. The van der Waals surface area contributed by atoms with Crippen molar-refractivity contribution in [3.05, 3.63) is 59.7 Å². The lowest BCUT2D eigenvalue weighted by Crippen LogP contribution is -2.22. The lowest BCUT2D eigenvalue weighted by Gasteiger charge is -2.12. The number of amides is 1. The first-order valence-electron chi connectivity index (χ1n) is 6.42. The first-order chi connectivity index (χ1) is 10.5. The van der Waals surface area contributed by atoms with Crippen molar-refractivity contribution in [3.63, 3.8) is 0 Å². The summed E-state index contributed by atoms with van der Waals surface area (Å²) >= 11 is 0.940. The van der Waals surface area contributed by atoms with E-state index < -0.39 is 16.9 Å². The largest absolute Gasteiger partial charge is 0.325 e. The Bertz CT molecular complexity index is 726. The number of carbonyl (C=O) groups is 1. The summed E-state index contributed by atoms with van der Waals surface area (Å²) < 4.78 is 26.7. The Kier molecular flexibility index (Phi) is 5.12. The lowest BCUT2D eigenvalue weighted by atomic mass is 10.2. The third-order valence-electron chi connectivity index (χ3n) is 2.85. The molecule has 0 bridgehead atoms. The summed E-state index contributed by atoms with van der Waals surface area (Å²) in [6.45, 7) is 1.61. The van der Waals surface area contributed by atoms with Crippen molar-refractivity contribution in [2.45, 2.75) is 17.1 Å². The van der Waals surface area contributed by atoms with Crippen LogP contribution >= 0.6 is 11.8 Å². The van der Waals surface area contributed by atoms with E-state index >= 15 is 0 Å². The second-order valence-corrected chi connectivity index (χ2v) is 5.90. The molecule has 0 heterocycles. The first-order valence-corrected chi connectivity index (χ1v) is 7.30. The van der Waals surface area contributed by atoms with Crippen molar-refractivity contribution in [3.8, 4) is 6.07 Å². The summed E-state index contributed by atoms with van der Waals surface area (Å²) in [5, 5.41) is 10.8. The lowest BCUT2D eigenvalue weighted by molar-refractivity contribution is -0.115. The number of nitrogens with zero attached hydrogens (tertiary/aromatic N) is 1. The molecule has 0 aliphatic heterocycles. The van der Waals surface area contributed by atoms with Crippen LogP contribution in [0.1, 0.15) is 12.5 Å². The normalized spacial score (nSPS) is 11.5. The Morgan fingerprint density at radius 3 is 2.55 bits per heavy atom. The summed E-state index contributed by atoms with van der Waals surface area (Å²) in [6.07, 6.45) is 0. The van der Waals surface area contributed by atoms with E-state index in [1.54, 1.807) is 31.2 Å². The molecule has 0 radical (unpaired) electrons. The van der Waals surface area contributed by atoms with Crippen LogP contribution < -0.4 is 5.32 Å². The van der Waals surface area contributed by atoms with Gasteiger partial charge < -0.3 is 5.32 Å². The number of anilines is 1. The summed E-state index contributed by atoms with van der Waals surface area (Å²) in [4.78, 5) is 12.1. The van der Waals surface area contributed by atoms with Crippen LogP contribution in [0.5, 0.6) is 0 Å². The number of halogens is 2. The maximum atomic E-state index is 13.6. The van der Waals surface area contributed by atoms with Crippen LogP contribution in [0.3, 0.4) is 0 Å². The van der Waals surface area contributed by atoms with Gasteiger partial charge in [-0.05, 0) is 49.4 Å². The number of rotatable bonds is 4. The Morgan fingerprint density at radius 1 is 1.23 bits per heavy atom. The molecule has 0 fully saturated rings. The fraction of sp³-hybridized carbons (Fsp3) is 0.125. The van der Waals surface area contributed by atoms with E-state index in [4.69, 9.17) is 5.26 Å². The summed E-state index contributed by atoms with van der Waals surface area (Å²) in [7, 11) is 0. The van der Waals surface area contributed by atoms with Crippen LogP contribution in [0.4, 0.5) is 14.5 Å². The van der Waals surface area contributed by atoms with Crippen LogP contribution in [0.25, 0.3) is 0 Å². The highest BCUT2D eigenvalue weighted by atomic mass is 32.2. The Labute approximate surface area is 131 Å². The van der Waals surface area contributed by atoms with Crippen LogP contribution in [-0.2, 0) is 4.79 Å². The molecule has 0 spiro atoms. The molecule has 2 aromatic rings. The van der Waals surface area contributed by atoms with Crippen LogP contribution in [0, 0.1) is 23.0 Å². The smallest absolute Gasteiger partial charge is 0.237 e. The molecule has 1 N–H and O–H groups in total. The number of thioether (sulfide) groups is 1.